The van der Waals surface area contributed by atoms with Gasteiger partial charge in [0.1, 0.15) is 18.7 Å². The Hall–Kier alpha value is -3.95. The maximum absolute atomic E-state index is 12.9. The van der Waals surface area contributed by atoms with Crippen molar-refractivity contribution in [3.8, 4) is 0 Å². The summed E-state index contributed by atoms with van der Waals surface area (Å²) < 4.78 is 21.8. The third-order valence-electron chi connectivity index (χ3n) is 6.75. The molecule has 1 aliphatic carbocycles. The van der Waals surface area contributed by atoms with E-state index in [1.165, 1.54) is 13.4 Å². The molecule has 1 heterocycles. The lowest BCUT2D eigenvalue weighted by Gasteiger charge is -2.34. The van der Waals surface area contributed by atoms with Crippen LogP contribution in [0.15, 0.2) is 84.1 Å². The van der Waals surface area contributed by atoms with Gasteiger partial charge >= 0.3 is 17.9 Å². The van der Waals surface area contributed by atoms with Crippen LogP contribution in [-0.4, -0.2) is 50.0 Å². The minimum atomic E-state index is -1.05. The van der Waals surface area contributed by atoms with E-state index >= 15 is 0 Å². The number of esters is 3. The lowest BCUT2D eigenvalue weighted by atomic mass is 9.83. The lowest BCUT2D eigenvalue weighted by molar-refractivity contribution is -0.184. The third-order valence-corrected chi connectivity index (χ3v) is 6.75. The van der Waals surface area contributed by atoms with Crippen LogP contribution >= 0.6 is 0 Å². The molecule has 0 amide bonds. The molecule has 2 aromatic rings. The second-order valence-corrected chi connectivity index (χ2v) is 9.35. The van der Waals surface area contributed by atoms with Gasteiger partial charge in [0.15, 0.2) is 0 Å². The van der Waals surface area contributed by atoms with Crippen molar-refractivity contribution in [2.45, 2.75) is 37.6 Å². The van der Waals surface area contributed by atoms with Crippen molar-refractivity contribution in [1.29, 1.82) is 0 Å². The molecule has 38 heavy (non-hydrogen) atoms. The fourth-order valence-corrected chi connectivity index (χ4v) is 4.76. The number of allylic oxidation sites excluding steroid dienone is 1. The highest BCUT2D eigenvalue weighted by molar-refractivity contribution is 5.89. The average Bonchev–Trinajstić information content (AvgIpc) is 3.37. The Labute approximate surface area is 221 Å². The molecule has 0 saturated heterocycles. The molecule has 0 saturated carbocycles. The van der Waals surface area contributed by atoms with Crippen LogP contribution in [0.25, 0.3) is 0 Å². The second kappa shape index (κ2) is 12.5. The smallest absolute Gasteiger partial charge is 0.337 e. The van der Waals surface area contributed by atoms with Gasteiger partial charge in [-0.2, -0.15) is 0 Å². The molecule has 2 aromatic carbocycles. The summed E-state index contributed by atoms with van der Waals surface area (Å²) in [4.78, 5) is 37.8. The maximum Gasteiger partial charge on any atom is 0.337 e. The highest BCUT2D eigenvalue weighted by atomic mass is 16.7. The van der Waals surface area contributed by atoms with E-state index in [-0.39, 0.29) is 12.5 Å². The quantitative estimate of drug-likeness (QED) is 0.274. The van der Waals surface area contributed by atoms with Gasteiger partial charge in [-0.3, -0.25) is 9.59 Å². The van der Waals surface area contributed by atoms with E-state index < -0.39 is 42.2 Å². The Morgan fingerprint density at radius 1 is 0.921 bits per heavy atom. The normalized spacial score (nSPS) is 21.6. The van der Waals surface area contributed by atoms with Gasteiger partial charge < -0.3 is 30.4 Å². The maximum atomic E-state index is 12.9. The molecule has 0 bridgehead atoms. The Morgan fingerprint density at radius 2 is 1.50 bits per heavy atom. The lowest BCUT2D eigenvalue weighted by Crippen LogP contribution is -2.43. The Balaban J connectivity index is 1.42. The van der Waals surface area contributed by atoms with Crippen LogP contribution in [0.1, 0.15) is 17.5 Å². The first kappa shape index (κ1) is 27.1. The van der Waals surface area contributed by atoms with Gasteiger partial charge in [-0.25, -0.2) is 4.79 Å². The fraction of sp³-hybridized carbons (Fsp3) is 0.345. The molecule has 200 valence electrons. The number of rotatable bonds is 10. The minimum absolute atomic E-state index is 0.0789. The van der Waals surface area contributed by atoms with Gasteiger partial charge in [-0.15, -0.1) is 0 Å². The summed E-state index contributed by atoms with van der Waals surface area (Å²) in [6.45, 7) is -0.0789. The molecule has 1 unspecified atom stereocenters. The highest BCUT2D eigenvalue weighted by Crippen LogP contribution is 2.44. The molecule has 0 radical (unpaired) electrons. The van der Waals surface area contributed by atoms with Crippen LogP contribution < -0.4 is 11.5 Å². The van der Waals surface area contributed by atoms with E-state index in [9.17, 15) is 14.4 Å². The summed E-state index contributed by atoms with van der Waals surface area (Å²) in [5, 5.41) is 0. The summed E-state index contributed by atoms with van der Waals surface area (Å²) in [6, 6.07) is 17.0. The molecule has 9 heteroatoms. The van der Waals surface area contributed by atoms with Crippen molar-refractivity contribution in [2.75, 3.05) is 13.7 Å². The number of nitrogens with two attached hydrogens (primary N) is 2. The van der Waals surface area contributed by atoms with Crippen molar-refractivity contribution >= 4 is 17.9 Å². The molecule has 0 aromatic heterocycles. The zero-order valence-corrected chi connectivity index (χ0v) is 21.2. The van der Waals surface area contributed by atoms with E-state index in [4.69, 9.17) is 30.4 Å². The zero-order valence-electron chi connectivity index (χ0n) is 21.2. The number of carbonyl (C=O) groups is 3. The van der Waals surface area contributed by atoms with Crippen molar-refractivity contribution in [3.05, 3.63) is 95.3 Å². The molecule has 9 nitrogen and oxygen atoms in total. The van der Waals surface area contributed by atoms with Crippen LogP contribution in [0, 0.1) is 11.8 Å². The van der Waals surface area contributed by atoms with Crippen LogP contribution in [-0.2, 0) is 46.2 Å². The predicted molar refractivity (Wildman–Crippen MR) is 138 cm³/mol. The van der Waals surface area contributed by atoms with Crippen molar-refractivity contribution in [1.82, 2.24) is 0 Å². The van der Waals surface area contributed by atoms with Crippen LogP contribution in [0.4, 0.5) is 0 Å². The first-order chi connectivity index (χ1) is 18.4. The number of hydrogen-bond donors (Lipinski definition) is 2. The summed E-state index contributed by atoms with van der Waals surface area (Å²) in [5.74, 6) is -2.66. The molecular formula is C29H32N2O7. The zero-order chi connectivity index (χ0) is 27.1. The fourth-order valence-electron chi connectivity index (χ4n) is 4.76. The number of fused-ring (bicyclic) bond motifs is 1. The van der Waals surface area contributed by atoms with Crippen molar-refractivity contribution < 1.29 is 33.3 Å². The van der Waals surface area contributed by atoms with E-state index in [1.807, 2.05) is 66.7 Å². The van der Waals surface area contributed by atoms with Crippen molar-refractivity contribution in [3.63, 3.8) is 0 Å². The van der Waals surface area contributed by atoms with Gasteiger partial charge in [0.2, 0.25) is 0 Å². The number of hydrogen-bond acceptors (Lipinski definition) is 9. The number of benzene rings is 2. The summed E-state index contributed by atoms with van der Waals surface area (Å²) in [5.41, 5.74) is 15.0. The molecule has 4 N–H and O–H groups in total. The third kappa shape index (κ3) is 6.48. The molecule has 1 aliphatic heterocycles. The van der Waals surface area contributed by atoms with Gasteiger partial charge in [0.05, 0.1) is 24.9 Å². The van der Waals surface area contributed by atoms with E-state index in [0.717, 1.165) is 11.1 Å². The monoisotopic (exact) mass is 520 g/mol. The molecule has 0 fully saturated rings. The van der Waals surface area contributed by atoms with Gasteiger partial charge in [0, 0.05) is 5.92 Å². The summed E-state index contributed by atoms with van der Waals surface area (Å²) in [7, 11) is 1.28. The first-order valence-electron chi connectivity index (χ1n) is 12.5. The Morgan fingerprint density at radius 3 is 2.08 bits per heavy atom. The van der Waals surface area contributed by atoms with Gasteiger partial charge in [0.25, 0.3) is 6.29 Å². The average molecular weight is 521 g/mol. The Kier molecular flexibility index (Phi) is 8.93. The number of carbonyl (C=O) groups excluding carboxylic acids is 3. The molecular weight excluding hydrogens is 488 g/mol. The van der Waals surface area contributed by atoms with Gasteiger partial charge in [-0.1, -0.05) is 66.7 Å². The Bertz CT molecular complexity index is 1200. The van der Waals surface area contributed by atoms with Gasteiger partial charge in [-0.05, 0) is 36.0 Å². The second-order valence-electron chi connectivity index (χ2n) is 9.35. The topological polar surface area (TPSA) is 140 Å². The van der Waals surface area contributed by atoms with Crippen LogP contribution in [0.5, 0.6) is 0 Å². The molecule has 4 rings (SSSR count). The summed E-state index contributed by atoms with van der Waals surface area (Å²) >= 11 is 0. The highest BCUT2D eigenvalue weighted by Gasteiger charge is 2.46. The molecule has 2 aliphatic rings. The van der Waals surface area contributed by atoms with Crippen LogP contribution in [0.2, 0.25) is 0 Å². The predicted octanol–water partition coefficient (Wildman–Crippen LogP) is 2.19. The van der Waals surface area contributed by atoms with E-state index in [1.54, 1.807) is 0 Å². The minimum Gasteiger partial charge on any atom is -0.466 e. The molecule has 0 spiro atoms. The SMILES string of the molecule is COC(=O)C1=CO[C@@H](OC(=O)C(N)Cc2ccccc2)[C@@H]2C(COC(=O)[C@@H](N)Cc3ccccc3)=CC[C@H]12. The van der Waals surface area contributed by atoms with E-state index in [2.05, 4.69) is 0 Å². The summed E-state index contributed by atoms with van der Waals surface area (Å²) in [6.07, 6.45) is 3.18. The van der Waals surface area contributed by atoms with E-state index in [0.29, 0.717) is 30.4 Å². The largest absolute Gasteiger partial charge is 0.466 e. The standard InChI is InChI=1S/C29H32N2O7/c1-35-26(32)22-17-37-29(38-28(34)24(31)15-19-10-6-3-7-11-19)25-20(12-13-21(22)25)16-36-27(33)23(30)14-18-8-4-2-5-9-18/h2-12,17,21,23-25,29H,13-16,30-31H2,1H3/t21-,23+,24?,25-,29+/m1/s1. The molecule has 5 atom stereocenters. The number of ether oxygens (including phenoxy) is 4. The first-order valence-corrected chi connectivity index (χ1v) is 12.5. The van der Waals surface area contributed by atoms with Crippen molar-refractivity contribution in [2.24, 2.45) is 23.3 Å². The number of methoxy groups -OCH3 is 1. The van der Waals surface area contributed by atoms with Crippen LogP contribution in [0.3, 0.4) is 0 Å².